The molecule has 0 atom stereocenters. The molecule has 0 aliphatic rings. The van der Waals surface area contributed by atoms with Crippen LogP contribution in [-0.2, 0) is 23.4 Å². The molecule has 0 aliphatic heterocycles. The monoisotopic (exact) mass is 290 g/mol. The van der Waals surface area contributed by atoms with E-state index in [1.807, 2.05) is 23.1 Å². The molecule has 0 saturated heterocycles. The second kappa shape index (κ2) is 6.58. The Morgan fingerprint density at radius 2 is 2.19 bits per heavy atom. The number of nitrogens with one attached hydrogen (secondary N) is 2. The van der Waals surface area contributed by atoms with Gasteiger partial charge in [-0.15, -0.1) is 0 Å². The summed E-state index contributed by atoms with van der Waals surface area (Å²) in [6.45, 7) is 7.58. The minimum Gasteiger partial charge on any atom is -0.467 e. The lowest BCUT2D eigenvalue weighted by molar-refractivity contribution is -0.120. The molecule has 0 aliphatic carbocycles. The molecule has 6 nitrogen and oxygen atoms in total. The van der Waals surface area contributed by atoms with E-state index in [9.17, 15) is 4.79 Å². The predicted molar refractivity (Wildman–Crippen MR) is 79.5 cm³/mol. The fourth-order valence-electron chi connectivity index (χ4n) is 1.80. The maximum Gasteiger partial charge on any atom is 0.234 e. The van der Waals surface area contributed by atoms with E-state index in [2.05, 4.69) is 36.5 Å². The van der Waals surface area contributed by atoms with Crippen molar-refractivity contribution in [3.8, 4) is 0 Å². The molecule has 0 unspecified atom stereocenters. The molecule has 2 aromatic heterocycles. The quantitative estimate of drug-likeness (QED) is 0.848. The van der Waals surface area contributed by atoms with Crippen molar-refractivity contribution in [2.24, 2.45) is 0 Å². The highest BCUT2D eigenvalue weighted by molar-refractivity contribution is 5.77. The van der Waals surface area contributed by atoms with Gasteiger partial charge in [0.15, 0.2) is 0 Å². The second-order valence-electron chi connectivity index (χ2n) is 5.92. The van der Waals surface area contributed by atoms with E-state index in [1.165, 1.54) is 0 Å². The molecule has 2 N–H and O–H groups in total. The molecule has 0 aromatic carbocycles. The predicted octanol–water partition coefficient (Wildman–Crippen LogP) is 1.64. The average Bonchev–Trinajstić information content (AvgIpc) is 3.07. The lowest BCUT2D eigenvalue weighted by Gasteiger charge is -2.18. The van der Waals surface area contributed by atoms with Crippen LogP contribution in [0.3, 0.4) is 0 Å². The minimum absolute atomic E-state index is 0.0291. The summed E-state index contributed by atoms with van der Waals surface area (Å²) < 4.78 is 7.06. The highest BCUT2D eigenvalue weighted by atomic mass is 16.3. The zero-order chi connectivity index (χ0) is 15.3. The first-order chi connectivity index (χ1) is 9.95. The Labute approximate surface area is 124 Å². The normalized spacial score (nSPS) is 11.6. The van der Waals surface area contributed by atoms with E-state index in [0.29, 0.717) is 13.1 Å². The number of nitrogens with zero attached hydrogens (tertiary/aromatic N) is 2. The van der Waals surface area contributed by atoms with Gasteiger partial charge in [0.2, 0.25) is 5.91 Å². The first kappa shape index (κ1) is 15.3. The van der Waals surface area contributed by atoms with Gasteiger partial charge in [-0.2, -0.15) is 5.10 Å². The maximum atomic E-state index is 11.7. The van der Waals surface area contributed by atoms with E-state index in [1.54, 1.807) is 12.3 Å². The van der Waals surface area contributed by atoms with E-state index >= 15 is 0 Å². The standard InChI is InChI=1S/C15H22N4O2/c1-15(2,3)19-11-12(8-18-19)7-16-10-14(20)17-9-13-5-4-6-21-13/h4-6,8,11,16H,7,9-10H2,1-3H3,(H,17,20). The van der Waals surface area contributed by atoms with Crippen LogP contribution in [0.1, 0.15) is 32.1 Å². The van der Waals surface area contributed by atoms with Crippen LogP contribution in [0.15, 0.2) is 35.2 Å². The van der Waals surface area contributed by atoms with E-state index < -0.39 is 0 Å². The number of rotatable bonds is 6. The maximum absolute atomic E-state index is 11.7. The van der Waals surface area contributed by atoms with Crippen LogP contribution in [0.4, 0.5) is 0 Å². The lowest BCUT2D eigenvalue weighted by atomic mass is 10.1. The fourth-order valence-corrected chi connectivity index (χ4v) is 1.80. The molecule has 6 heteroatoms. The number of hydrogen-bond acceptors (Lipinski definition) is 4. The van der Waals surface area contributed by atoms with Gasteiger partial charge in [0.05, 0.1) is 31.1 Å². The Balaban J connectivity index is 1.69. The van der Waals surface area contributed by atoms with Crippen LogP contribution < -0.4 is 10.6 Å². The van der Waals surface area contributed by atoms with Crippen LogP contribution in [0.25, 0.3) is 0 Å². The molecule has 0 radical (unpaired) electrons. The summed E-state index contributed by atoms with van der Waals surface area (Å²) in [5, 5.41) is 10.2. The summed E-state index contributed by atoms with van der Waals surface area (Å²) in [6.07, 6.45) is 5.40. The molecule has 0 saturated carbocycles. The first-order valence-electron chi connectivity index (χ1n) is 6.99. The van der Waals surface area contributed by atoms with E-state index in [4.69, 9.17) is 4.42 Å². The first-order valence-corrected chi connectivity index (χ1v) is 6.99. The average molecular weight is 290 g/mol. The third-order valence-corrected chi connectivity index (χ3v) is 2.98. The van der Waals surface area contributed by atoms with Gasteiger partial charge in [0.1, 0.15) is 5.76 Å². The van der Waals surface area contributed by atoms with Crippen molar-refractivity contribution < 1.29 is 9.21 Å². The highest BCUT2D eigenvalue weighted by Gasteiger charge is 2.13. The van der Waals surface area contributed by atoms with Crippen molar-refractivity contribution in [1.82, 2.24) is 20.4 Å². The van der Waals surface area contributed by atoms with Gasteiger partial charge >= 0.3 is 0 Å². The van der Waals surface area contributed by atoms with Crippen molar-refractivity contribution >= 4 is 5.91 Å². The number of carbonyl (C=O) groups is 1. The van der Waals surface area contributed by atoms with Crippen LogP contribution in [0.2, 0.25) is 0 Å². The third-order valence-electron chi connectivity index (χ3n) is 2.98. The van der Waals surface area contributed by atoms with Gasteiger partial charge in [-0.05, 0) is 32.9 Å². The molecule has 2 heterocycles. The minimum atomic E-state index is -0.0605. The Hall–Kier alpha value is -2.08. The molecule has 0 spiro atoms. The third kappa shape index (κ3) is 4.75. The van der Waals surface area contributed by atoms with Gasteiger partial charge in [0.25, 0.3) is 0 Å². The van der Waals surface area contributed by atoms with Crippen LogP contribution in [0.5, 0.6) is 0 Å². The van der Waals surface area contributed by atoms with Gasteiger partial charge in [0, 0.05) is 18.3 Å². The number of aromatic nitrogens is 2. The number of furan rings is 1. The van der Waals surface area contributed by atoms with Crippen LogP contribution in [-0.4, -0.2) is 22.2 Å². The van der Waals surface area contributed by atoms with E-state index in [0.717, 1.165) is 11.3 Å². The molecule has 2 rings (SSSR count). The molecule has 114 valence electrons. The largest absolute Gasteiger partial charge is 0.467 e. The number of hydrogen-bond donors (Lipinski definition) is 2. The van der Waals surface area contributed by atoms with Crippen molar-refractivity contribution in [2.75, 3.05) is 6.54 Å². The highest BCUT2D eigenvalue weighted by Crippen LogP contribution is 2.12. The lowest BCUT2D eigenvalue weighted by Crippen LogP contribution is -2.33. The van der Waals surface area contributed by atoms with Gasteiger partial charge in [-0.3, -0.25) is 9.48 Å². The molecule has 2 aromatic rings. The van der Waals surface area contributed by atoms with E-state index in [-0.39, 0.29) is 18.0 Å². The van der Waals surface area contributed by atoms with Crippen molar-refractivity contribution in [3.63, 3.8) is 0 Å². The number of carbonyl (C=O) groups excluding carboxylic acids is 1. The molecule has 1 amide bonds. The van der Waals surface area contributed by atoms with Crippen molar-refractivity contribution in [1.29, 1.82) is 0 Å². The molecule has 21 heavy (non-hydrogen) atoms. The van der Waals surface area contributed by atoms with Gasteiger partial charge in [-0.1, -0.05) is 0 Å². The molecular formula is C15H22N4O2. The van der Waals surface area contributed by atoms with Gasteiger partial charge in [-0.25, -0.2) is 0 Å². The summed E-state index contributed by atoms with van der Waals surface area (Å²) in [7, 11) is 0. The topological polar surface area (TPSA) is 72.1 Å². The molecular weight excluding hydrogens is 268 g/mol. The second-order valence-corrected chi connectivity index (χ2v) is 5.92. The Morgan fingerprint density at radius 1 is 1.38 bits per heavy atom. The zero-order valence-corrected chi connectivity index (χ0v) is 12.7. The number of amides is 1. The SMILES string of the molecule is CC(C)(C)n1cc(CNCC(=O)NCc2ccco2)cn1. The summed E-state index contributed by atoms with van der Waals surface area (Å²) in [5.41, 5.74) is 1.03. The van der Waals surface area contributed by atoms with Crippen LogP contribution in [0, 0.1) is 0 Å². The summed E-state index contributed by atoms with van der Waals surface area (Å²) in [5.74, 6) is 0.685. The summed E-state index contributed by atoms with van der Waals surface area (Å²) >= 11 is 0. The molecule has 0 bridgehead atoms. The van der Waals surface area contributed by atoms with Crippen LogP contribution >= 0.6 is 0 Å². The summed E-state index contributed by atoms with van der Waals surface area (Å²) in [6, 6.07) is 3.63. The van der Waals surface area contributed by atoms with Crippen molar-refractivity contribution in [2.45, 2.75) is 39.4 Å². The zero-order valence-electron chi connectivity index (χ0n) is 12.7. The molecule has 0 fully saturated rings. The fraction of sp³-hybridized carbons (Fsp3) is 0.467. The van der Waals surface area contributed by atoms with Crippen molar-refractivity contribution in [3.05, 3.63) is 42.1 Å². The Kier molecular flexibility index (Phi) is 4.80. The Bertz CT molecular complexity index is 567. The van der Waals surface area contributed by atoms with Gasteiger partial charge < -0.3 is 15.1 Å². The smallest absolute Gasteiger partial charge is 0.234 e. The Morgan fingerprint density at radius 3 is 2.81 bits per heavy atom. The summed E-state index contributed by atoms with van der Waals surface area (Å²) in [4.78, 5) is 11.7.